The molecule has 1 aliphatic heterocycles. The van der Waals surface area contributed by atoms with Gasteiger partial charge in [-0.2, -0.15) is 0 Å². The van der Waals surface area contributed by atoms with Gasteiger partial charge in [-0.1, -0.05) is 48.0 Å². The van der Waals surface area contributed by atoms with Crippen LogP contribution < -0.4 is 10.6 Å². The summed E-state index contributed by atoms with van der Waals surface area (Å²) in [5, 5.41) is 5.75. The van der Waals surface area contributed by atoms with E-state index in [1.165, 1.54) is 4.90 Å². The maximum absolute atomic E-state index is 12.4. The zero-order valence-electron chi connectivity index (χ0n) is 18.8. The first kappa shape index (κ1) is 24.4. The van der Waals surface area contributed by atoms with Crippen LogP contribution in [0.4, 0.5) is 4.79 Å². The van der Waals surface area contributed by atoms with Crippen LogP contribution in [-0.2, 0) is 9.59 Å². The molecule has 6 nitrogen and oxygen atoms in total. The lowest BCUT2D eigenvalue weighted by Gasteiger charge is -2.24. The van der Waals surface area contributed by atoms with Crippen LogP contribution in [0.15, 0.2) is 0 Å². The Bertz CT molecular complexity index is 532. The summed E-state index contributed by atoms with van der Waals surface area (Å²) in [5.41, 5.74) is 0.172. The zero-order valence-corrected chi connectivity index (χ0v) is 18.8. The van der Waals surface area contributed by atoms with Gasteiger partial charge in [0.15, 0.2) is 0 Å². The molecule has 0 saturated carbocycles. The molecule has 1 fully saturated rings. The second kappa shape index (κ2) is 10.8. The standard InChI is InChI=1S/C22H41N3O3/c1-21(2,3)12-8-10-14-24-20(28)23-13-9-7-11-15-25-18(26)16-17(19(25)27)22(4,5)6/h17H,7-16H2,1-6H3,(H2,23,24,28). The van der Waals surface area contributed by atoms with Gasteiger partial charge in [0.05, 0.1) is 5.92 Å². The van der Waals surface area contributed by atoms with Gasteiger partial charge in [-0.3, -0.25) is 14.5 Å². The van der Waals surface area contributed by atoms with E-state index < -0.39 is 0 Å². The SMILES string of the molecule is CC(C)(C)CCCCNC(=O)NCCCCCN1C(=O)CC(C(C)(C)C)C1=O. The van der Waals surface area contributed by atoms with E-state index >= 15 is 0 Å². The molecule has 1 atom stereocenters. The molecular formula is C22H41N3O3. The molecule has 0 bridgehead atoms. The first-order valence-corrected chi connectivity index (χ1v) is 10.8. The summed E-state index contributed by atoms with van der Waals surface area (Å²) in [6, 6.07) is -0.117. The average Bonchev–Trinajstić information content (AvgIpc) is 2.84. The summed E-state index contributed by atoms with van der Waals surface area (Å²) >= 11 is 0. The minimum absolute atomic E-state index is 0.0264. The lowest BCUT2D eigenvalue weighted by molar-refractivity contribution is -0.140. The van der Waals surface area contributed by atoms with Crippen molar-refractivity contribution >= 4 is 17.8 Å². The van der Waals surface area contributed by atoms with Crippen molar-refractivity contribution < 1.29 is 14.4 Å². The number of carbonyl (C=O) groups is 3. The lowest BCUT2D eigenvalue weighted by Crippen LogP contribution is -2.36. The highest BCUT2D eigenvalue weighted by Gasteiger charge is 2.44. The summed E-state index contributed by atoms with van der Waals surface area (Å²) in [4.78, 5) is 37.7. The second-order valence-corrected chi connectivity index (χ2v) is 10.3. The number of amides is 4. The summed E-state index contributed by atoms with van der Waals surface area (Å²) in [5.74, 6) is -0.274. The lowest BCUT2D eigenvalue weighted by atomic mass is 9.80. The van der Waals surface area contributed by atoms with E-state index in [1.807, 2.05) is 20.8 Å². The number of imide groups is 1. The Labute approximate surface area is 171 Å². The Morgan fingerprint density at radius 2 is 1.50 bits per heavy atom. The van der Waals surface area contributed by atoms with E-state index in [0.29, 0.717) is 31.5 Å². The highest BCUT2D eigenvalue weighted by atomic mass is 16.2. The number of likely N-dealkylation sites (tertiary alicyclic amines) is 1. The Hall–Kier alpha value is -1.59. The van der Waals surface area contributed by atoms with Crippen LogP contribution in [0.25, 0.3) is 0 Å². The minimum Gasteiger partial charge on any atom is -0.338 e. The van der Waals surface area contributed by atoms with E-state index in [0.717, 1.165) is 38.5 Å². The molecule has 0 aromatic carbocycles. The van der Waals surface area contributed by atoms with Crippen molar-refractivity contribution in [3.8, 4) is 0 Å². The van der Waals surface area contributed by atoms with Crippen molar-refractivity contribution in [3.63, 3.8) is 0 Å². The number of nitrogens with zero attached hydrogens (tertiary/aromatic N) is 1. The first-order chi connectivity index (χ1) is 12.9. The van der Waals surface area contributed by atoms with Crippen LogP contribution in [0.2, 0.25) is 0 Å². The van der Waals surface area contributed by atoms with Crippen LogP contribution in [0, 0.1) is 16.7 Å². The monoisotopic (exact) mass is 395 g/mol. The highest BCUT2D eigenvalue weighted by Crippen LogP contribution is 2.35. The van der Waals surface area contributed by atoms with Crippen molar-refractivity contribution in [2.24, 2.45) is 16.7 Å². The Morgan fingerprint density at radius 1 is 0.929 bits per heavy atom. The fraction of sp³-hybridized carbons (Fsp3) is 0.864. The smallest absolute Gasteiger partial charge is 0.314 e. The first-order valence-electron chi connectivity index (χ1n) is 10.8. The molecule has 0 radical (unpaired) electrons. The molecule has 6 heteroatoms. The number of hydrogen-bond donors (Lipinski definition) is 2. The molecule has 1 unspecified atom stereocenters. The van der Waals surface area contributed by atoms with Gasteiger partial charge >= 0.3 is 6.03 Å². The maximum Gasteiger partial charge on any atom is 0.314 e. The molecule has 1 rings (SSSR count). The third kappa shape index (κ3) is 9.07. The molecule has 1 saturated heterocycles. The van der Waals surface area contributed by atoms with Crippen LogP contribution in [-0.4, -0.2) is 42.4 Å². The van der Waals surface area contributed by atoms with Gasteiger partial charge in [0.2, 0.25) is 11.8 Å². The summed E-state index contributed by atoms with van der Waals surface area (Å²) in [6.45, 7) is 14.5. The minimum atomic E-state index is -0.200. The van der Waals surface area contributed by atoms with E-state index in [9.17, 15) is 14.4 Å². The molecule has 1 heterocycles. The van der Waals surface area contributed by atoms with E-state index in [-0.39, 0.29) is 29.2 Å². The van der Waals surface area contributed by atoms with Gasteiger partial charge in [0, 0.05) is 26.1 Å². The summed E-state index contributed by atoms with van der Waals surface area (Å²) in [7, 11) is 0. The van der Waals surface area contributed by atoms with E-state index in [4.69, 9.17) is 0 Å². The maximum atomic E-state index is 12.4. The van der Waals surface area contributed by atoms with Crippen LogP contribution >= 0.6 is 0 Å². The van der Waals surface area contributed by atoms with Crippen molar-refractivity contribution in [2.45, 2.75) is 86.5 Å². The Morgan fingerprint density at radius 3 is 2.00 bits per heavy atom. The fourth-order valence-corrected chi connectivity index (χ4v) is 3.41. The Kier molecular flexibility index (Phi) is 9.45. The molecule has 0 aromatic rings. The van der Waals surface area contributed by atoms with Crippen LogP contribution in [0.3, 0.4) is 0 Å². The third-order valence-electron chi connectivity index (χ3n) is 5.27. The number of urea groups is 1. The molecular weight excluding hydrogens is 354 g/mol. The quantitative estimate of drug-likeness (QED) is 0.432. The normalized spacial score (nSPS) is 17.9. The van der Waals surface area contributed by atoms with Crippen molar-refractivity contribution in [2.75, 3.05) is 19.6 Å². The molecule has 0 spiro atoms. The third-order valence-corrected chi connectivity index (χ3v) is 5.27. The highest BCUT2D eigenvalue weighted by molar-refractivity contribution is 6.03. The van der Waals surface area contributed by atoms with Crippen molar-refractivity contribution in [1.29, 1.82) is 0 Å². The van der Waals surface area contributed by atoms with Gasteiger partial charge < -0.3 is 10.6 Å². The average molecular weight is 396 g/mol. The molecule has 162 valence electrons. The van der Waals surface area contributed by atoms with Gasteiger partial charge in [0.1, 0.15) is 0 Å². The van der Waals surface area contributed by atoms with Gasteiger partial charge in [-0.25, -0.2) is 4.79 Å². The number of hydrogen-bond acceptors (Lipinski definition) is 3. The van der Waals surface area contributed by atoms with Gasteiger partial charge in [-0.15, -0.1) is 0 Å². The predicted molar refractivity (Wildman–Crippen MR) is 113 cm³/mol. The van der Waals surface area contributed by atoms with Crippen molar-refractivity contribution in [3.05, 3.63) is 0 Å². The molecule has 0 aromatic heterocycles. The molecule has 2 N–H and O–H groups in total. The largest absolute Gasteiger partial charge is 0.338 e. The van der Waals surface area contributed by atoms with Gasteiger partial charge in [0.25, 0.3) is 0 Å². The fourth-order valence-electron chi connectivity index (χ4n) is 3.41. The van der Waals surface area contributed by atoms with E-state index in [1.54, 1.807) is 0 Å². The number of unbranched alkanes of at least 4 members (excludes halogenated alkanes) is 3. The predicted octanol–water partition coefficient (Wildman–Crippen LogP) is 4.09. The Balaban J connectivity index is 2.08. The number of nitrogens with one attached hydrogen (secondary N) is 2. The van der Waals surface area contributed by atoms with Crippen molar-refractivity contribution in [1.82, 2.24) is 15.5 Å². The summed E-state index contributed by atoms with van der Waals surface area (Å²) in [6.07, 6.45) is 6.12. The molecule has 4 amide bonds. The summed E-state index contributed by atoms with van der Waals surface area (Å²) < 4.78 is 0. The van der Waals surface area contributed by atoms with E-state index in [2.05, 4.69) is 31.4 Å². The van der Waals surface area contributed by atoms with Crippen LogP contribution in [0.1, 0.15) is 86.5 Å². The molecule has 0 aliphatic carbocycles. The number of rotatable bonds is 10. The molecule has 1 aliphatic rings. The molecule has 28 heavy (non-hydrogen) atoms. The zero-order chi connectivity index (χ0) is 21.4. The van der Waals surface area contributed by atoms with Crippen LogP contribution in [0.5, 0.6) is 0 Å². The number of carbonyl (C=O) groups excluding carboxylic acids is 3. The second-order valence-electron chi connectivity index (χ2n) is 10.3. The topological polar surface area (TPSA) is 78.5 Å². The van der Waals surface area contributed by atoms with Gasteiger partial charge in [-0.05, 0) is 42.9 Å².